The monoisotopic (exact) mass is 383 g/mol. The van der Waals surface area contributed by atoms with Crippen molar-refractivity contribution in [3.05, 3.63) is 71.3 Å². The first-order valence-corrected chi connectivity index (χ1v) is 9.82. The van der Waals surface area contributed by atoms with Crippen molar-refractivity contribution in [2.24, 2.45) is 5.92 Å². The zero-order chi connectivity index (χ0) is 19.9. The molecule has 1 aliphatic carbocycles. The van der Waals surface area contributed by atoms with E-state index in [0.717, 1.165) is 31.2 Å². The van der Waals surface area contributed by atoms with Crippen LogP contribution in [0.3, 0.4) is 0 Å². The lowest BCUT2D eigenvalue weighted by atomic mass is 9.77. The van der Waals surface area contributed by atoms with Crippen molar-refractivity contribution in [2.45, 2.75) is 44.4 Å². The van der Waals surface area contributed by atoms with Crippen LogP contribution in [0.2, 0.25) is 0 Å². The largest absolute Gasteiger partial charge is 0.247 e. The minimum atomic E-state index is -0.832. The van der Waals surface area contributed by atoms with Crippen LogP contribution in [-0.4, -0.2) is 6.67 Å². The molecule has 0 aliphatic heterocycles. The normalized spacial score (nSPS) is 19.6. The first-order valence-electron chi connectivity index (χ1n) is 9.82. The van der Waals surface area contributed by atoms with Gasteiger partial charge in [-0.1, -0.05) is 36.4 Å². The lowest BCUT2D eigenvalue weighted by Crippen LogP contribution is -2.13. The van der Waals surface area contributed by atoms with Crippen molar-refractivity contribution in [3.8, 4) is 17.2 Å². The minimum absolute atomic E-state index is 0.384. The summed E-state index contributed by atoms with van der Waals surface area (Å²) in [5.74, 6) is -0.437. The van der Waals surface area contributed by atoms with Crippen molar-refractivity contribution >= 4 is 0 Å². The second kappa shape index (κ2) is 9.59. The first-order chi connectivity index (χ1) is 13.6. The molecule has 1 aliphatic rings. The number of benzene rings is 2. The van der Waals surface area contributed by atoms with Crippen LogP contribution in [0, 0.1) is 28.9 Å². The second-order valence-electron chi connectivity index (χ2n) is 7.47. The third-order valence-corrected chi connectivity index (χ3v) is 5.71. The summed E-state index contributed by atoms with van der Waals surface area (Å²) in [6.45, 7) is -0.384. The van der Waals surface area contributed by atoms with Crippen LogP contribution in [0.1, 0.15) is 55.6 Å². The molecule has 28 heavy (non-hydrogen) atoms. The Bertz CT molecular complexity index is 833. The molecule has 0 unspecified atom stereocenters. The Hall–Kier alpha value is -2.54. The van der Waals surface area contributed by atoms with E-state index in [9.17, 15) is 13.2 Å². The van der Waals surface area contributed by atoms with Crippen LogP contribution in [0.4, 0.5) is 13.2 Å². The van der Waals surface area contributed by atoms with Crippen molar-refractivity contribution in [1.29, 1.82) is 5.26 Å². The molecule has 0 atom stereocenters. The summed E-state index contributed by atoms with van der Waals surface area (Å²) in [5, 5.41) is 8.78. The molecule has 0 aromatic heterocycles. The van der Waals surface area contributed by atoms with Crippen LogP contribution >= 0.6 is 0 Å². The lowest BCUT2D eigenvalue weighted by molar-refractivity contribution is 0.312. The summed E-state index contributed by atoms with van der Waals surface area (Å²) in [4.78, 5) is 0. The standard InChI is InChI=1S/C24H24F3N/c25-13-3-1-2-4-17-5-7-18(8-6-17)19-9-11-20(12-10-19)21-14-23(26)22(16-28)24(27)15-21/h1,3,9-12,14-15,17-18H,2,4-8,13H2/b3-1+/t17-,18-. The Balaban J connectivity index is 1.61. The number of hydrogen-bond acceptors (Lipinski definition) is 1. The molecule has 146 valence electrons. The average molecular weight is 383 g/mol. The number of hydrogen-bond donors (Lipinski definition) is 0. The van der Waals surface area contributed by atoms with Crippen LogP contribution in [0.5, 0.6) is 0 Å². The van der Waals surface area contributed by atoms with Crippen molar-refractivity contribution in [1.82, 2.24) is 0 Å². The van der Waals surface area contributed by atoms with Crippen LogP contribution in [0.25, 0.3) is 11.1 Å². The number of rotatable bonds is 6. The van der Waals surface area contributed by atoms with Crippen LogP contribution in [0.15, 0.2) is 48.6 Å². The third-order valence-electron chi connectivity index (χ3n) is 5.71. The van der Waals surface area contributed by atoms with Crippen molar-refractivity contribution in [3.63, 3.8) is 0 Å². The minimum Gasteiger partial charge on any atom is -0.247 e. The van der Waals surface area contributed by atoms with Gasteiger partial charge in [0.25, 0.3) is 0 Å². The maximum atomic E-state index is 13.8. The quantitative estimate of drug-likeness (QED) is 0.489. The number of nitriles is 1. The fraction of sp³-hybridized carbons (Fsp3) is 0.375. The predicted molar refractivity (Wildman–Crippen MR) is 106 cm³/mol. The van der Waals surface area contributed by atoms with Gasteiger partial charge in [0.15, 0.2) is 0 Å². The summed E-state index contributed by atoms with van der Waals surface area (Å²) in [6.07, 6.45) is 10.2. The molecular formula is C24H24F3N. The SMILES string of the molecule is N#Cc1c(F)cc(-c2ccc([C@H]3CC[C@H](CC/C=C/CF)CC3)cc2)cc1F. The van der Waals surface area contributed by atoms with Gasteiger partial charge >= 0.3 is 0 Å². The fourth-order valence-corrected chi connectivity index (χ4v) is 4.09. The Kier molecular flexibility index (Phi) is 6.92. The zero-order valence-corrected chi connectivity index (χ0v) is 15.8. The maximum Gasteiger partial charge on any atom is 0.144 e. The highest BCUT2D eigenvalue weighted by Gasteiger charge is 2.22. The number of halogens is 3. The number of alkyl halides is 1. The Morgan fingerprint density at radius 3 is 2.14 bits per heavy atom. The van der Waals surface area contributed by atoms with Crippen LogP contribution < -0.4 is 0 Å². The van der Waals surface area contributed by atoms with Crippen molar-refractivity contribution < 1.29 is 13.2 Å². The molecule has 0 saturated heterocycles. The summed E-state index contributed by atoms with van der Waals surface area (Å²) in [5.41, 5.74) is 1.89. The van der Waals surface area contributed by atoms with Gasteiger partial charge in [0.2, 0.25) is 0 Å². The molecule has 3 rings (SSSR count). The van der Waals surface area contributed by atoms with E-state index in [-0.39, 0.29) is 6.67 Å². The van der Waals surface area contributed by atoms with Gasteiger partial charge in [-0.25, -0.2) is 13.2 Å². The maximum absolute atomic E-state index is 13.8. The molecule has 2 aromatic rings. The van der Waals surface area contributed by atoms with E-state index >= 15 is 0 Å². The topological polar surface area (TPSA) is 23.8 Å². The Morgan fingerprint density at radius 1 is 0.929 bits per heavy atom. The summed E-state index contributed by atoms with van der Waals surface area (Å²) in [6, 6.07) is 11.8. The predicted octanol–water partition coefficient (Wildman–Crippen LogP) is 7.08. The highest BCUT2D eigenvalue weighted by atomic mass is 19.1. The van der Waals surface area contributed by atoms with Gasteiger partial charge in [0, 0.05) is 0 Å². The molecule has 0 amide bonds. The van der Waals surface area contributed by atoms with E-state index in [2.05, 4.69) is 0 Å². The van der Waals surface area contributed by atoms with E-state index in [1.165, 1.54) is 30.5 Å². The van der Waals surface area contributed by atoms with Gasteiger partial charge in [-0.15, -0.1) is 0 Å². The summed E-state index contributed by atoms with van der Waals surface area (Å²) >= 11 is 0. The van der Waals surface area contributed by atoms with Gasteiger partial charge in [-0.3, -0.25) is 0 Å². The van der Waals surface area contributed by atoms with Gasteiger partial charge in [-0.2, -0.15) is 5.26 Å². The molecule has 1 fully saturated rings. The smallest absolute Gasteiger partial charge is 0.144 e. The molecule has 2 aromatic carbocycles. The second-order valence-corrected chi connectivity index (χ2v) is 7.47. The fourth-order valence-electron chi connectivity index (χ4n) is 4.09. The molecule has 0 N–H and O–H groups in total. The van der Waals surface area contributed by atoms with Gasteiger partial charge in [-0.05, 0) is 79.2 Å². The van der Waals surface area contributed by atoms with E-state index < -0.39 is 17.2 Å². The van der Waals surface area contributed by atoms with Crippen molar-refractivity contribution in [2.75, 3.05) is 6.67 Å². The third kappa shape index (κ3) is 4.84. The lowest BCUT2D eigenvalue weighted by Gasteiger charge is -2.28. The molecular weight excluding hydrogens is 359 g/mol. The number of allylic oxidation sites excluding steroid dienone is 2. The van der Waals surface area contributed by atoms with E-state index in [4.69, 9.17) is 5.26 Å². The first kappa shape index (κ1) is 20.2. The average Bonchev–Trinajstić information content (AvgIpc) is 2.72. The van der Waals surface area contributed by atoms with Gasteiger partial charge in [0.05, 0.1) is 0 Å². The number of nitrogens with zero attached hydrogens (tertiary/aromatic N) is 1. The molecule has 0 radical (unpaired) electrons. The summed E-state index contributed by atoms with van der Waals surface area (Å²) in [7, 11) is 0. The molecule has 1 saturated carbocycles. The zero-order valence-electron chi connectivity index (χ0n) is 15.8. The van der Waals surface area contributed by atoms with E-state index in [0.29, 0.717) is 17.4 Å². The van der Waals surface area contributed by atoms with Gasteiger partial charge in [0.1, 0.15) is 29.9 Å². The Morgan fingerprint density at radius 2 is 1.57 bits per heavy atom. The van der Waals surface area contributed by atoms with E-state index in [1.807, 2.05) is 30.3 Å². The Labute approximate surface area is 164 Å². The van der Waals surface area contributed by atoms with Crippen LogP contribution in [-0.2, 0) is 0 Å². The van der Waals surface area contributed by atoms with Gasteiger partial charge < -0.3 is 0 Å². The highest BCUT2D eigenvalue weighted by Crippen LogP contribution is 2.38. The molecule has 0 bridgehead atoms. The summed E-state index contributed by atoms with van der Waals surface area (Å²) < 4.78 is 39.8. The molecule has 0 heterocycles. The highest BCUT2D eigenvalue weighted by molar-refractivity contribution is 5.65. The van der Waals surface area contributed by atoms with E-state index in [1.54, 1.807) is 12.1 Å². The molecule has 1 nitrogen and oxygen atoms in total. The molecule has 0 spiro atoms. The molecule has 4 heteroatoms.